The first-order chi connectivity index (χ1) is 3.55. The van der Waals surface area contributed by atoms with Crippen LogP contribution in [0.2, 0.25) is 0 Å². The molecule has 0 fully saturated rings. The van der Waals surface area contributed by atoms with Crippen molar-refractivity contribution < 1.29 is 6.17 Å². The van der Waals surface area contributed by atoms with Crippen molar-refractivity contribution >= 4 is 6.26 Å². The van der Waals surface area contributed by atoms with Gasteiger partial charge >= 0.3 is 0 Å². The molecule has 0 aromatic carbocycles. The van der Waals surface area contributed by atoms with E-state index in [9.17, 15) is 4.79 Å². The van der Waals surface area contributed by atoms with E-state index in [2.05, 4.69) is 0 Å². The van der Waals surface area contributed by atoms with Crippen LogP contribution in [0.5, 0.6) is 0 Å². The molecule has 0 N–H and O–H groups in total. The summed E-state index contributed by atoms with van der Waals surface area (Å²) in [5.41, 5.74) is 0. The van der Waals surface area contributed by atoms with Crippen LogP contribution in [0.15, 0.2) is 0 Å². The number of hydrogen-bond donors (Lipinski definition) is 0. The van der Waals surface area contributed by atoms with Gasteiger partial charge in [-0.3, -0.25) is 0 Å². The van der Waals surface area contributed by atoms with E-state index in [-0.39, 0.29) is 6.04 Å². The van der Waals surface area contributed by atoms with E-state index >= 15 is 0 Å². The minimum absolute atomic E-state index is 0.269. The molecule has 0 spiro atoms. The maximum atomic E-state index is 10.2. The van der Waals surface area contributed by atoms with Crippen LogP contribution in [-0.4, -0.2) is 31.3 Å². The normalized spacial score (nSPS) is 16.3. The molecular formula is C5H11NO. The van der Waals surface area contributed by atoms with Gasteiger partial charge in [-0.1, -0.05) is 0 Å². The van der Waals surface area contributed by atoms with Gasteiger partial charge in [0.2, 0.25) is 0 Å². The summed E-state index contributed by atoms with van der Waals surface area (Å²) in [4.78, 5) is 11.9. The van der Waals surface area contributed by atoms with Crippen molar-refractivity contribution in [3.05, 3.63) is 0 Å². The molecule has 0 amide bonds. The third-order valence-electron chi connectivity index (χ3n) is 0.945. The van der Waals surface area contributed by atoms with Gasteiger partial charge in [-0.15, -0.1) is 0 Å². The van der Waals surface area contributed by atoms with Crippen LogP contribution in [-0.2, 0) is 4.79 Å². The Morgan fingerprint density at radius 3 is 2.29 bits per heavy atom. The van der Waals surface area contributed by atoms with E-state index < -0.39 is 6.26 Å². The first-order valence-corrected chi connectivity index (χ1v) is 2.22. The summed E-state index contributed by atoms with van der Waals surface area (Å²) in [5, 5.41) is 0. The standard InChI is InChI=1S/C5H11NO/c1-5(4-7)6(2)3/h4-5H,1-3H3/i4D. The Hall–Kier alpha value is -0.370. The second-order valence-corrected chi connectivity index (χ2v) is 1.76. The van der Waals surface area contributed by atoms with Gasteiger partial charge in [0, 0.05) is 0 Å². The zero-order valence-corrected chi connectivity index (χ0v) is 4.93. The molecule has 0 heterocycles. The van der Waals surface area contributed by atoms with Crippen molar-refractivity contribution in [2.75, 3.05) is 14.1 Å². The molecule has 0 aliphatic heterocycles. The predicted molar refractivity (Wildman–Crippen MR) is 29.2 cm³/mol. The first-order valence-electron chi connectivity index (χ1n) is 2.72. The third kappa shape index (κ3) is 2.34. The molecule has 2 nitrogen and oxygen atoms in total. The number of carbonyl (C=O) groups excluding carboxylic acids is 1. The Balaban J connectivity index is 3.64. The zero-order valence-electron chi connectivity index (χ0n) is 5.93. The van der Waals surface area contributed by atoms with Gasteiger partial charge in [-0.05, 0) is 21.0 Å². The summed E-state index contributed by atoms with van der Waals surface area (Å²) < 4.78 is 6.63. The van der Waals surface area contributed by atoms with Gasteiger partial charge in [-0.2, -0.15) is 0 Å². The highest BCUT2D eigenvalue weighted by Crippen LogP contribution is 1.82. The highest BCUT2D eigenvalue weighted by Gasteiger charge is 1.97. The molecular weight excluding hydrogens is 90.1 g/mol. The van der Waals surface area contributed by atoms with Crippen LogP contribution < -0.4 is 0 Å². The molecule has 0 aliphatic carbocycles. The fraction of sp³-hybridized carbons (Fsp3) is 0.800. The average Bonchev–Trinajstić information content (AvgIpc) is 1.64. The van der Waals surface area contributed by atoms with E-state index in [1.807, 2.05) is 0 Å². The lowest BCUT2D eigenvalue weighted by molar-refractivity contribution is -0.111. The molecule has 0 bridgehead atoms. The molecule has 0 saturated carbocycles. The van der Waals surface area contributed by atoms with E-state index in [0.29, 0.717) is 0 Å². The number of likely N-dealkylation sites (N-methyl/N-ethyl adjacent to an activating group) is 1. The topological polar surface area (TPSA) is 20.3 Å². The molecule has 0 aromatic heterocycles. The number of carbonyl (C=O) groups is 1. The Morgan fingerprint density at radius 1 is 1.86 bits per heavy atom. The van der Waals surface area contributed by atoms with Crippen LogP contribution in [0, 0.1) is 0 Å². The first kappa shape index (κ1) is 4.78. The number of nitrogens with zero attached hydrogens (tertiary/aromatic N) is 1. The smallest absolute Gasteiger partial charge is 0.136 e. The van der Waals surface area contributed by atoms with Crippen molar-refractivity contribution in [2.45, 2.75) is 13.0 Å². The molecule has 0 rings (SSSR count). The molecule has 1 atom stereocenters. The summed E-state index contributed by atoms with van der Waals surface area (Å²) in [7, 11) is 3.55. The fourth-order valence-electron chi connectivity index (χ4n) is 0.105. The minimum Gasteiger partial charge on any atom is -0.302 e. The van der Waals surface area contributed by atoms with Crippen LogP contribution in [0.1, 0.15) is 8.29 Å². The Kier molecular flexibility index (Phi) is 1.88. The van der Waals surface area contributed by atoms with E-state index in [4.69, 9.17) is 1.37 Å². The average molecular weight is 102 g/mol. The largest absolute Gasteiger partial charge is 0.302 e. The van der Waals surface area contributed by atoms with Crippen molar-refractivity contribution in [3.8, 4) is 0 Å². The van der Waals surface area contributed by atoms with Crippen molar-refractivity contribution in [1.29, 1.82) is 0 Å². The second kappa shape index (κ2) is 2.75. The lowest BCUT2D eigenvalue weighted by Gasteiger charge is -2.11. The van der Waals surface area contributed by atoms with Crippen molar-refractivity contribution in [2.24, 2.45) is 0 Å². The molecule has 7 heavy (non-hydrogen) atoms. The summed E-state index contributed by atoms with van der Waals surface area (Å²) in [6.07, 6.45) is -0.532. The molecule has 0 radical (unpaired) electrons. The lowest BCUT2D eigenvalue weighted by atomic mass is 10.4. The van der Waals surface area contributed by atoms with E-state index in [0.717, 1.165) is 0 Å². The summed E-state index contributed by atoms with van der Waals surface area (Å²) in [6.45, 7) is 1.70. The molecule has 0 aliphatic rings. The quantitative estimate of drug-likeness (QED) is 0.462. The third-order valence-corrected chi connectivity index (χ3v) is 0.945. The highest BCUT2D eigenvalue weighted by atomic mass is 16.1. The van der Waals surface area contributed by atoms with Crippen LogP contribution in [0.3, 0.4) is 0 Å². The lowest BCUT2D eigenvalue weighted by Crippen LogP contribution is -2.25. The molecule has 0 aromatic rings. The molecule has 0 saturated heterocycles. The SMILES string of the molecule is [2H]C(=O)C(C)N(C)C. The van der Waals surface area contributed by atoms with Crippen molar-refractivity contribution in [1.82, 2.24) is 4.90 Å². The van der Waals surface area contributed by atoms with Crippen LogP contribution >= 0.6 is 0 Å². The summed E-state index contributed by atoms with van der Waals surface area (Å²) in [6, 6.07) is -0.269. The van der Waals surface area contributed by atoms with Crippen LogP contribution in [0.4, 0.5) is 0 Å². The maximum Gasteiger partial charge on any atom is 0.136 e. The van der Waals surface area contributed by atoms with Gasteiger partial charge in [0.25, 0.3) is 0 Å². The number of aldehydes is 1. The van der Waals surface area contributed by atoms with Crippen molar-refractivity contribution in [3.63, 3.8) is 0 Å². The van der Waals surface area contributed by atoms with Gasteiger partial charge in [0.15, 0.2) is 0 Å². The molecule has 1 unspecified atom stereocenters. The summed E-state index contributed by atoms with van der Waals surface area (Å²) in [5.74, 6) is 0. The maximum absolute atomic E-state index is 10.2. The number of rotatable bonds is 2. The summed E-state index contributed by atoms with van der Waals surface area (Å²) >= 11 is 0. The molecule has 2 heteroatoms. The van der Waals surface area contributed by atoms with E-state index in [1.54, 1.807) is 25.9 Å². The van der Waals surface area contributed by atoms with Gasteiger partial charge in [-0.25, -0.2) is 0 Å². The van der Waals surface area contributed by atoms with E-state index in [1.165, 1.54) is 0 Å². The Morgan fingerprint density at radius 2 is 2.29 bits per heavy atom. The van der Waals surface area contributed by atoms with Gasteiger partial charge in [0.05, 0.1) is 6.04 Å². The zero-order chi connectivity index (χ0) is 6.73. The van der Waals surface area contributed by atoms with Gasteiger partial charge < -0.3 is 9.69 Å². The highest BCUT2D eigenvalue weighted by molar-refractivity contribution is 5.56. The Labute approximate surface area is 45.5 Å². The van der Waals surface area contributed by atoms with Crippen LogP contribution in [0.25, 0.3) is 0 Å². The monoisotopic (exact) mass is 102 g/mol. The fourth-order valence-corrected chi connectivity index (χ4v) is 0.105. The van der Waals surface area contributed by atoms with Gasteiger partial charge in [0.1, 0.15) is 7.63 Å². The molecule has 42 valence electrons. The minimum atomic E-state index is -0.532. The number of hydrogen-bond acceptors (Lipinski definition) is 2. The second-order valence-electron chi connectivity index (χ2n) is 1.76. The Bertz CT molecular complexity index is 92.4. The predicted octanol–water partition coefficient (Wildman–Crippen LogP) is 0.135.